The van der Waals surface area contributed by atoms with E-state index in [1.54, 1.807) is 27.7 Å². The van der Waals surface area contributed by atoms with Crippen LogP contribution in [0.25, 0.3) is 0 Å². The Bertz CT molecular complexity index is 580. The third-order valence-electron chi connectivity index (χ3n) is 3.52. The summed E-state index contributed by atoms with van der Waals surface area (Å²) < 4.78 is 16.6. The van der Waals surface area contributed by atoms with Crippen LogP contribution in [0, 0.1) is 5.92 Å². The van der Waals surface area contributed by atoms with E-state index >= 15 is 0 Å². The molecule has 0 radical (unpaired) electrons. The number of ether oxygens (including phenoxy) is 3. The van der Waals surface area contributed by atoms with Gasteiger partial charge in [0.15, 0.2) is 0 Å². The number of alkyl carbamates (subject to hydrolysis) is 1. The summed E-state index contributed by atoms with van der Waals surface area (Å²) in [5, 5.41) is 2.49. The number of hydrogen-bond acceptors (Lipinski definition) is 5. The molecule has 0 saturated carbocycles. The van der Waals surface area contributed by atoms with Crippen molar-refractivity contribution in [2.45, 2.75) is 72.3 Å². The van der Waals surface area contributed by atoms with E-state index in [1.807, 2.05) is 51.1 Å². The zero-order valence-corrected chi connectivity index (χ0v) is 16.7. The van der Waals surface area contributed by atoms with E-state index in [0.717, 1.165) is 0 Å². The fourth-order valence-electron chi connectivity index (χ4n) is 2.33. The van der Waals surface area contributed by atoms with E-state index in [4.69, 9.17) is 14.2 Å². The van der Waals surface area contributed by atoms with Crippen LogP contribution in [-0.2, 0) is 14.3 Å². The summed E-state index contributed by atoms with van der Waals surface area (Å²) in [5.74, 6) is 0.228. The van der Waals surface area contributed by atoms with Gasteiger partial charge < -0.3 is 19.5 Å². The molecule has 0 aromatic heterocycles. The third-order valence-corrected chi connectivity index (χ3v) is 3.52. The molecule has 0 heterocycles. The van der Waals surface area contributed by atoms with Gasteiger partial charge in [-0.2, -0.15) is 0 Å². The number of rotatable bonds is 7. The Morgan fingerprint density at radius 3 is 2.08 bits per heavy atom. The van der Waals surface area contributed by atoms with E-state index in [-0.39, 0.29) is 12.0 Å². The first kappa shape index (κ1) is 21.8. The lowest BCUT2D eigenvalue weighted by Crippen LogP contribution is -2.46. The molecule has 0 spiro atoms. The van der Waals surface area contributed by atoms with Crippen LogP contribution in [0.4, 0.5) is 4.79 Å². The van der Waals surface area contributed by atoms with Crippen molar-refractivity contribution >= 4 is 12.1 Å². The van der Waals surface area contributed by atoms with Crippen molar-refractivity contribution < 1.29 is 23.8 Å². The quantitative estimate of drug-likeness (QED) is 0.741. The van der Waals surface area contributed by atoms with Crippen LogP contribution < -0.4 is 10.1 Å². The van der Waals surface area contributed by atoms with Crippen LogP contribution in [0.15, 0.2) is 30.3 Å². The van der Waals surface area contributed by atoms with Crippen LogP contribution in [0.3, 0.4) is 0 Å². The molecule has 6 heteroatoms. The number of para-hydroxylation sites is 1. The Labute approximate surface area is 156 Å². The predicted molar refractivity (Wildman–Crippen MR) is 100 cm³/mol. The zero-order valence-electron chi connectivity index (χ0n) is 16.7. The Hall–Kier alpha value is -2.24. The van der Waals surface area contributed by atoms with Gasteiger partial charge in [-0.05, 0) is 52.7 Å². The highest BCUT2D eigenvalue weighted by molar-refractivity contribution is 5.81. The third kappa shape index (κ3) is 7.76. The molecule has 0 saturated heterocycles. The molecule has 26 heavy (non-hydrogen) atoms. The SMILES string of the molecule is CC(C)[C@H](OC(=O)[C@H](C)NC(=O)OC(C)(C)C)[C@H](C)Oc1ccccc1. The number of carbonyl (C=O) groups is 2. The van der Waals surface area contributed by atoms with Gasteiger partial charge in [0.05, 0.1) is 0 Å². The minimum atomic E-state index is -0.824. The fourth-order valence-corrected chi connectivity index (χ4v) is 2.33. The number of carbonyl (C=O) groups excluding carboxylic acids is 2. The molecule has 146 valence electrons. The molecule has 1 N–H and O–H groups in total. The Morgan fingerprint density at radius 1 is 1.00 bits per heavy atom. The van der Waals surface area contributed by atoms with Crippen molar-refractivity contribution in [3.8, 4) is 5.75 Å². The maximum atomic E-state index is 12.4. The maximum absolute atomic E-state index is 12.4. The average Bonchev–Trinajstić information content (AvgIpc) is 2.50. The van der Waals surface area contributed by atoms with E-state index in [1.165, 1.54) is 0 Å². The summed E-state index contributed by atoms with van der Waals surface area (Å²) in [6.07, 6.45) is -1.45. The minimum Gasteiger partial charge on any atom is -0.487 e. The Morgan fingerprint density at radius 2 is 1.58 bits per heavy atom. The normalized spacial score (nSPS) is 14.9. The van der Waals surface area contributed by atoms with Crippen molar-refractivity contribution in [1.82, 2.24) is 5.32 Å². The lowest BCUT2D eigenvalue weighted by molar-refractivity contribution is -0.158. The molecule has 0 aliphatic carbocycles. The number of hydrogen-bond donors (Lipinski definition) is 1. The van der Waals surface area contributed by atoms with E-state index < -0.39 is 29.8 Å². The van der Waals surface area contributed by atoms with E-state index in [0.29, 0.717) is 5.75 Å². The fraction of sp³-hybridized carbons (Fsp3) is 0.600. The standard InChI is InChI=1S/C20H31NO5/c1-13(2)17(15(4)24-16-11-9-8-10-12-16)25-18(22)14(3)21-19(23)26-20(5,6)7/h8-15,17H,1-7H3,(H,21,23)/t14-,15-,17-/m0/s1. The summed E-state index contributed by atoms with van der Waals surface area (Å²) >= 11 is 0. The minimum absolute atomic E-state index is 0.0476. The second-order valence-corrected chi connectivity index (χ2v) is 7.65. The largest absolute Gasteiger partial charge is 0.487 e. The van der Waals surface area contributed by atoms with Gasteiger partial charge in [0.2, 0.25) is 0 Å². The molecule has 1 rings (SSSR count). The van der Waals surface area contributed by atoms with Gasteiger partial charge in [0.25, 0.3) is 0 Å². The van der Waals surface area contributed by atoms with Gasteiger partial charge in [-0.3, -0.25) is 0 Å². The van der Waals surface area contributed by atoms with Gasteiger partial charge in [-0.1, -0.05) is 32.0 Å². The van der Waals surface area contributed by atoms with Gasteiger partial charge in [-0.25, -0.2) is 9.59 Å². The molecule has 1 amide bonds. The first-order valence-electron chi connectivity index (χ1n) is 8.91. The first-order valence-corrected chi connectivity index (χ1v) is 8.91. The van der Waals surface area contributed by atoms with Crippen LogP contribution in [0.2, 0.25) is 0 Å². The average molecular weight is 365 g/mol. The molecule has 0 unspecified atom stereocenters. The Kier molecular flexibility index (Phi) is 7.93. The molecule has 1 aromatic carbocycles. The highest BCUT2D eigenvalue weighted by Gasteiger charge is 2.30. The number of amides is 1. The maximum Gasteiger partial charge on any atom is 0.408 e. The number of benzene rings is 1. The van der Waals surface area contributed by atoms with Crippen LogP contribution in [-0.4, -0.2) is 35.9 Å². The highest BCUT2D eigenvalue weighted by atomic mass is 16.6. The topological polar surface area (TPSA) is 73.9 Å². The van der Waals surface area contributed by atoms with Crippen molar-refractivity contribution in [3.63, 3.8) is 0 Å². The molecular weight excluding hydrogens is 334 g/mol. The summed E-state index contributed by atoms with van der Waals surface area (Å²) in [4.78, 5) is 24.2. The molecule has 0 aliphatic heterocycles. The Balaban J connectivity index is 2.65. The molecule has 1 aromatic rings. The number of nitrogens with one attached hydrogen (secondary N) is 1. The highest BCUT2D eigenvalue weighted by Crippen LogP contribution is 2.19. The second kappa shape index (κ2) is 9.46. The van der Waals surface area contributed by atoms with Crippen LogP contribution >= 0.6 is 0 Å². The van der Waals surface area contributed by atoms with Crippen LogP contribution in [0.5, 0.6) is 5.75 Å². The summed E-state index contributed by atoms with van der Waals surface area (Å²) in [6.45, 7) is 12.6. The summed E-state index contributed by atoms with van der Waals surface area (Å²) in [5.41, 5.74) is -0.633. The van der Waals surface area contributed by atoms with E-state index in [2.05, 4.69) is 5.32 Å². The van der Waals surface area contributed by atoms with E-state index in [9.17, 15) is 9.59 Å². The van der Waals surface area contributed by atoms with Gasteiger partial charge in [0, 0.05) is 0 Å². The van der Waals surface area contributed by atoms with Gasteiger partial charge in [0.1, 0.15) is 29.6 Å². The molecule has 0 fully saturated rings. The molecule has 3 atom stereocenters. The van der Waals surface area contributed by atoms with Crippen molar-refractivity contribution in [3.05, 3.63) is 30.3 Å². The monoisotopic (exact) mass is 365 g/mol. The van der Waals surface area contributed by atoms with Gasteiger partial charge in [-0.15, -0.1) is 0 Å². The van der Waals surface area contributed by atoms with Crippen molar-refractivity contribution in [2.24, 2.45) is 5.92 Å². The lowest BCUT2D eigenvalue weighted by Gasteiger charge is -2.29. The van der Waals surface area contributed by atoms with Crippen LogP contribution in [0.1, 0.15) is 48.5 Å². The lowest BCUT2D eigenvalue weighted by atomic mass is 10.0. The molecule has 0 bridgehead atoms. The van der Waals surface area contributed by atoms with Crippen molar-refractivity contribution in [2.75, 3.05) is 0 Å². The zero-order chi connectivity index (χ0) is 19.9. The van der Waals surface area contributed by atoms with Crippen molar-refractivity contribution in [1.29, 1.82) is 0 Å². The first-order chi connectivity index (χ1) is 12.0. The number of esters is 1. The molecular formula is C20H31NO5. The summed E-state index contributed by atoms with van der Waals surface area (Å²) in [6, 6.07) is 8.54. The molecule has 6 nitrogen and oxygen atoms in total. The molecule has 0 aliphatic rings. The second-order valence-electron chi connectivity index (χ2n) is 7.65. The smallest absolute Gasteiger partial charge is 0.408 e. The van der Waals surface area contributed by atoms with Gasteiger partial charge >= 0.3 is 12.1 Å². The summed E-state index contributed by atoms with van der Waals surface area (Å²) in [7, 11) is 0. The predicted octanol–water partition coefficient (Wildman–Crippen LogP) is 3.93.